The molecule has 1 N–H and O–H groups in total. The predicted octanol–water partition coefficient (Wildman–Crippen LogP) is 34.8. The standard InChI is InChI=1S/C16H24N2O.C16H23NO.C15H21NO.C15H23N.C15H22O.C13H15NS.C12H19N.C11H17N.C11H16.7CH4/c1-16(2,3)13-8-6-7-12(9-13)15(19)18-10-14(11-18)17(4)5;1-5-12-10-17(11-12)15(18)13-7-6-8-14(9-13)16(2,3)4;1-11-8-9-16(11)14(17)12-6-5-7-13(10-12)15(2,3)4;1-15(2,3)14-8-6-7-13(11-14)12-16-9-4-5-10-16;1-14(2,3)12-9-7-8-11(10-12)13(16)15(4,5)6;1-13(2,3)11-6-4-5-10(9-11)12-14-7-8-15-12;1-12(2,3)10-7-6-8-11(9-10)13(4)5;1-11(2,3)9-6-5-7-10(8-9)12-4;1-9-6-5-7-10(8-9)11(2,3)4;;;;;;;/h6-9,14H,10-11H2,1-5H3;6-9,12H,5,10-11H2,1-4H3;5-7,10-11H,8-9H2,1-4H3;6-8,11H,4-5,9-10,12H2,1-3H3;7-10H,1-6H3;4-9H,1-3H3;6-9H,1-5H3;5-8,12H,1-4H3;5-8H,1-4H3;7*1H4. The molecule has 12 nitrogen and oxygen atoms in total. The first kappa shape index (κ1) is 136. The van der Waals surface area contributed by atoms with Gasteiger partial charge in [0.15, 0.2) is 5.78 Å². The molecule has 1 unspecified atom stereocenters. The van der Waals surface area contributed by atoms with Crippen molar-refractivity contribution >= 4 is 46.2 Å². The number of anilines is 2. The number of nitrogens with zero attached hydrogens (tertiary/aromatic N) is 7. The van der Waals surface area contributed by atoms with Crippen molar-refractivity contribution in [2.45, 2.75) is 374 Å². The molecule has 5 heterocycles. The van der Waals surface area contributed by atoms with Crippen LogP contribution in [0.5, 0.6) is 0 Å². The maximum Gasteiger partial charge on any atom is 0.254 e. The van der Waals surface area contributed by atoms with Crippen LogP contribution < -0.4 is 10.2 Å². The second-order valence-corrected chi connectivity index (χ2v) is 49.7. The Kier molecular flexibility index (Phi) is 55.5. The van der Waals surface area contributed by atoms with Gasteiger partial charge in [0.2, 0.25) is 0 Å². The molecule has 0 aliphatic carbocycles. The van der Waals surface area contributed by atoms with E-state index in [0.29, 0.717) is 18.0 Å². The number of likely N-dealkylation sites (tertiary alicyclic amines) is 4. The van der Waals surface area contributed by atoms with Gasteiger partial charge in [0.1, 0.15) is 5.01 Å². The average Bonchev–Trinajstić information content (AvgIpc) is 1.03. The van der Waals surface area contributed by atoms with Crippen LogP contribution in [0.25, 0.3) is 10.6 Å². The summed E-state index contributed by atoms with van der Waals surface area (Å²) in [5, 5.41) is 6.25. The van der Waals surface area contributed by atoms with Gasteiger partial charge in [-0.3, -0.25) is 24.1 Å². The number of aryl methyl sites for hydroxylation is 1. The topological polar surface area (TPSA) is 113 Å². The highest BCUT2D eigenvalue weighted by molar-refractivity contribution is 7.13. The molecular formula is C131H208N8O4S. The second kappa shape index (κ2) is 58.7. The van der Waals surface area contributed by atoms with E-state index in [2.05, 4.69) is 406 Å². The average molecular weight is 1990 g/mol. The number of amides is 3. The number of hydrogen-bond acceptors (Lipinski definition) is 10. The number of carbonyl (C=O) groups excluding carboxylic acids is 4. The number of thiazole rings is 1. The lowest BCUT2D eigenvalue weighted by Gasteiger charge is -2.42. The third kappa shape index (κ3) is 44.1. The number of nitrogens with one attached hydrogen (secondary N) is 1. The van der Waals surface area contributed by atoms with Gasteiger partial charge in [-0.25, -0.2) is 4.98 Å². The minimum absolute atomic E-state index is 0. The Morgan fingerprint density at radius 2 is 0.729 bits per heavy atom. The van der Waals surface area contributed by atoms with Crippen molar-refractivity contribution in [1.82, 2.24) is 29.5 Å². The number of aromatic nitrogens is 1. The summed E-state index contributed by atoms with van der Waals surface area (Å²) in [6.07, 6.45) is 6.90. The van der Waals surface area contributed by atoms with Crippen LogP contribution in [0.2, 0.25) is 0 Å². The Labute approximate surface area is 889 Å². The van der Waals surface area contributed by atoms with Crippen molar-refractivity contribution in [3.63, 3.8) is 0 Å². The van der Waals surface area contributed by atoms with Crippen LogP contribution >= 0.6 is 11.3 Å². The second-order valence-electron chi connectivity index (χ2n) is 48.8. The summed E-state index contributed by atoms with van der Waals surface area (Å²) in [5.41, 5.74) is 22.9. The Morgan fingerprint density at radius 3 is 1.08 bits per heavy atom. The van der Waals surface area contributed by atoms with E-state index >= 15 is 0 Å². The summed E-state index contributed by atoms with van der Waals surface area (Å²) < 4.78 is 0. The molecule has 4 aliphatic rings. The molecule has 4 aliphatic heterocycles. The quantitative estimate of drug-likeness (QED) is 0.127. The highest BCUT2D eigenvalue weighted by atomic mass is 32.1. The summed E-state index contributed by atoms with van der Waals surface area (Å²) >= 11 is 1.68. The summed E-state index contributed by atoms with van der Waals surface area (Å²) in [7, 11) is 10.2. The number of carbonyl (C=O) groups is 4. The molecule has 4 saturated heterocycles. The number of hydrogen-bond donors (Lipinski definition) is 1. The summed E-state index contributed by atoms with van der Waals surface area (Å²) in [6.45, 7) is 80.1. The van der Waals surface area contributed by atoms with Crippen molar-refractivity contribution in [2.75, 3.05) is 91.3 Å². The molecule has 13 heteroatoms. The first-order chi connectivity index (χ1) is 63.3. The molecule has 0 saturated carbocycles. The summed E-state index contributed by atoms with van der Waals surface area (Å²) in [4.78, 5) is 66.1. The summed E-state index contributed by atoms with van der Waals surface area (Å²) in [5.74, 6) is 1.43. The number of likely N-dealkylation sites (N-methyl/N-ethyl adjacent to an activating group) is 1. The minimum atomic E-state index is -0.309. The maximum atomic E-state index is 12.4. The van der Waals surface area contributed by atoms with Gasteiger partial charge in [-0.05, 0) is 250 Å². The van der Waals surface area contributed by atoms with Crippen LogP contribution in [0.3, 0.4) is 0 Å². The molecule has 9 aromatic carbocycles. The zero-order valence-electron chi connectivity index (χ0n) is 92.3. The van der Waals surface area contributed by atoms with Gasteiger partial charge in [-0.2, -0.15) is 0 Å². The third-order valence-electron chi connectivity index (χ3n) is 25.8. The van der Waals surface area contributed by atoms with E-state index < -0.39 is 0 Å². The fourth-order valence-electron chi connectivity index (χ4n) is 15.5. The van der Waals surface area contributed by atoms with Gasteiger partial charge < -0.3 is 29.8 Å². The van der Waals surface area contributed by atoms with E-state index in [-0.39, 0.29) is 130 Å². The van der Waals surface area contributed by atoms with E-state index in [1.54, 1.807) is 11.3 Å². The number of benzene rings is 9. The lowest BCUT2D eigenvalue weighted by Crippen LogP contribution is -2.59. The monoisotopic (exact) mass is 1990 g/mol. The molecule has 3 amide bonds. The SMILES string of the molecule is C.C.C.C.C.C.C.CC(C)(C)C(=O)c1cccc(C(C)(C)C)c1.CC(C)(C)c1cccc(-c2nccs2)c1.CC(C)(C)c1cccc(CN2CCCC2)c1.CC1CCN1C(=O)c1cccc(C(C)(C)C)c1.CCC1CN(C(=O)c2cccc(C(C)(C)C)c2)C1.CN(C)C1CN(C(=O)c2cccc(C(C)(C)C)c2)C1.CN(C)c1cccc(C(C)(C)C)c1.CNc1cccc(C(C)(C)C)c1.Cc1cccc(C(C)(C)C)c1. The molecule has 0 bridgehead atoms. The Balaban J connectivity index is 0. The normalized spacial score (nSPS) is 14.1. The number of Topliss-reactive ketones (excluding diaryl/α,β-unsaturated/α-hetero) is 1. The Bertz CT molecular complexity index is 5410. The third-order valence-corrected chi connectivity index (χ3v) is 26.6. The molecular weight excluding hydrogens is 1780 g/mol. The lowest BCUT2D eigenvalue weighted by atomic mass is 9.82. The van der Waals surface area contributed by atoms with Crippen LogP contribution in [0.4, 0.5) is 11.4 Å². The molecule has 4 fully saturated rings. The Hall–Kier alpha value is -9.79. The highest BCUT2D eigenvalue weighted by Gasteiger charge is 2.35. The van der Waals surface area contributed by atoms with E-state index in [1.807, 2.05) is 127 Å². The molecule has 1 atom stereocenters. The van der Waals surface area contributed by atoms with Crippen LogP contribution in [0.15, 0.2) is 230 Å². The fourth-order valence-corrected chi connectivity index (χ4v) is 16.2. The van der Waals surface area contributed by atoms with Crippen LogP contribution in [0, 0.1) is 18.3 Å². The van der Waals surface area contributed by atoms with Gasteiger partial charge in [-0.15, -0.1) is 11.3 Å². The van der Waals surface area contributed by atoms with E-state index in [1.165, 1.54) is 110 Å². The first-order valence-corrected chi connectivity index (χ1v) is 51.2. The van der Waals surface area contributed by atoms with Gasteiger partial charge >= 0.3 is 0 Å². The molecule has 0 spiro atoms. The molecule has 1 aromatic heterocycles. The van der Waals surface area contributed by atoms with Gasteiger partial charge in [0.05, 0.1) is 0 Å². The molecule has 144 heavy (non-hydrogen) atoms. The van der Waals surface area contributed by atoms with E-state index in [0.717, 1.165) is 73.0 Å². The first-order valence-electron chi connectivity index (χ1n) is 50.3. The zero-order valence-corrected chi connectivity index (χ0v) is 93.1. The van der Waals surface area contributed by atoms with Crippen LogP contribution in [-0.2, 0) is 55.3 Å². The van der Waals surface area contributed by atoms with Crippen LogP contribution in [0.1, 0.15) is 402 Å². The van der Waals surface area contributed by atoms with Gasteiger partial charge in [0, 0.05) is 129 Å². The lowest BCUT2D eigenvalue weighted by molar-refractivity contribution is 0.0398. The van der Waals surface area contributed by atoms with E-state index in [9.17, 15) is 19.2 Å². The number of ketones is 1. The van der Waals surface area contributed by atoms with Crippen molar-refractivity contribution < 1.29 is 19.2 Å². The Morgan fingerprint density at radius 1 is 0.389 bits per heavy atom. The fraction of sp³-hybridized carbons (Fsp3) is 0.534. The zero-order chi connectivity index (χ0) is 103. The molecule has 802 valence electrons. The number of rotatable bonds is 11. The maximum absolute atomic E-state index is 12.4. The minimum Gasteiger partial charge on any atom is -0.388 e. The van der Waals surface area contributed by atoms with Crippen molar-refractivity contribution in [2.24, 2.45) is 11.3 Å². The smallest absolute Gasteiger partial charge is 0.254 e. The molecule has 14 rings (SSSR count). The molecule has 10 aromatic rings. The van der Waals surface area contributed by atoms with Gasteiger partial charge in [-0.1, -0.05) is 418 Å². The van der Waals surface area contributed by atoms with Crippen molar-refractivity contribution in [1.29, 1.82) is 0 Å². The van der Waals surface area contributed by atoms with Crippen molar-refractivity contribution in [3.8, 4) is 10.6 Å². The predicted molar refractivity (Wildman–Crippen MR) is 640 cm³/mol. The van der Waals surface area contributed by atoms with Crippen LogP contribution in [-0.4, -0.2) is 146 Å². The summed E-state index contributed by atoms with van der Waals surface area (Å²) in [6, 6.07) is 76.6. The van der Waals surface area contributed by atoms with Crippen molar-refractivity contribution in [3.05, 3.63) is 313 Å². The van der Waals surface area contributed by atoms with Gasteiger partial charge in [0.25, 0.3) is 17.7 Å². The largest absolute Gasteiger partial charge is 0.388 e. The highest BCUT2D eigenvalue weighted by Crippen LogP contribution is 2.35. The van der Waals surface area contributed by atoms with E-state index in [4.69, 9.17) is 0 Å². The molecule has 0 radical (unpaired) electrons.